The molecule has 5 rings (SSSR count). The first-order chi connectivity index (χ1) is 17.0. The second kappa shape index (κ2) is 8.16. The maximum atomic E-state index is 13.8. The highest BCUT2D eigenvalue weighted by atomic mass is 32.2. The number of benzene rings is 1. The second-order valence-electron chi connectivity index (χ2n) is 7.91. The molecule has 5 aromatic rings. The van der Waals surface area contributed by atoms with Gasteiger partial charge in [0.2, 0.25) is 5.95 Å². The normalized spacial score (nSPS) is 12.4. The van der Waals surface area contributed by atoms with Crippen molar-refractivity contribution in [3.05, 3.63) is 71.9 Å². The Morgan fingerprint density at radius 1 is 1.03 bits per heavy atom. The fraction of sp³-hybridized carbons (Fsp3) is 0.130. The minimum Gasteiger partial charge on any atom is -0.368 e. The number of rotatable bonds is 4. The van der Waals surface area contributed by atoms with Gasteiger partial charge in [0, 0.05) is 23.3 Å². The molecule has 184 valence electrons. The van der Waals surface area contributed by atoms with E-state index in [0.29, 0.717) is 28.9 Å². The Hall–Kier alpha value is -4.26. The van der Waals surface area contributed by atoms with Crippen LogP contribution in [0.25, 0.3) is 33.5 Å². The molecule has 0 amide bonds. The lowest BCUT2D eigenvalue weighted by Gasteiger charge is -2.11. The van der Waals surface area contributed by atoms with Gasteiger partial charge in [0.25, 0.3) is 10.0 Å². The molecule has 0 unspecified atom stereocenters. The molecule has 13 heteroatoms. The number of aryl methyl sites for hydroxylation is 2. The van der Waals surface area contributed by atoms with Crippen LogP contribution in [-0.2, 0) is 16.2 Å². The summed E-state index contributed by atoms with van der Waals surface area (Å²) in [5.74, 6) is 0.0524. The average Bonchev–Trinajstić information content (AvgIpc) is 3.38. The maximum Gasteiger partial charge on any atom is 0.419 e. The molecule has 0 saturated heterocycles. The van der Waals surface area contributed by atoms with E-state index in [0.717, 1.165) is 10.2 Å². The van der Waals surface area contributed by atoms with Gasteiger partial charge in [0.1, 0.15) is 11.3 Å². The monoisotopic (exact) mass is 514 g/mol. The van der Waals surface area contributed by atoms with E-state index in [1.807, 2.05) is 0 Å². The van der Waals surface area contributed by atoms with Gasteiger partial charge in [-0.1, -0.05) is 23.4 Å². The second-order valence-corrected chi connectivity index (χ2v) is 9.73. The van der Waals surface area contributed by atoms with Crippen LogP contribution in [0.15, 0.2) is 64.3 Å². The number of alkyl halides is 3. The zero-order chi connectivity index (χ0) is 25.8. The van der Waals surface area contributed by atoms with Gasteiger partial charge < -0.3 is 10.3 Å². The molecule has 4 heterocycles. The molecule has 4 aromatic heterocycles. The quantitative estimate of drug-likeness (QED) is 0.368. The van der Waals surface area contributed by atoms with Crippen molar-refractivity contribution >= 4 is 27.0 Å². The van der Waals surface area contributed by atoms with Crippen LogP contribution < -0.4 is 5.73 Å². The number of hydrogen-bond acceptors (Lipinski definition) is 8. The summed E-state index contributed by atoms with van der Waals surface area (Å²) < 4.78 is 74.7. The molecule has 0 atom stereocenters. The molecular formula is C23H17F3N6O3S. The first kappa shape index (κ1) is 23.5. The molecule has 0 fully saturated rings. The number of aromatic nitrogens is 5. The molecule has 0 bridgehead atoms. The van der Waals surface area contributed by atoms with E-state index in [4.69, 9.17) is 10.3 Å². The van der Waals surface area contributed by atoms with Gasteiger partial charge in [-0.25, -0.2) is 27.3 Å². The van der Waals surface area contributed by atoms with E-state index in [9.17, 15) is 21.6 Å². The summed E-state index contributed by atoms with van der Waals surface area (Å²) in [6, 6.07) is 10.5. The molecule has 9 nitrogen and oxygen atoms in total. The number of hydrogen-bond donors (Lipinski definition) is 1. The minimum absolute atomic E-state index is 0.0729. The summed E-state index contributed by atoms with van der Waals surface area (Å²) in [4.78, 5) is 11.7. The molecule has 1 aromatic carbocycles. The van der Waals surface area contributed by atoms with Crippen molar-refractivity contribution in [3.8, 4) is 22.5 Å². The van der Waals surface area contributed by atoms with Crippen molar-refractivity contribution in [2.24, 2.45) is 0 Å². The first-order valence-electron chi connectivity index (χ1n) is 10.4. The topological polar surface area (TPSA) is 130 Å². The number of nitrogens with zero attached hydrogens (tertiary/aromatic N) is 5. The summed E-state index contributed by atoms with van der Waals surface area (Å²) in [5.41, 5.74) is 5.07. The summed E-state index contributed by atoms with van der Waals surface area (Å²) in [5, 5.41) is 4.02. The van der Waals surface area contributed by atoms with Crippen molar-refractivity contribution in [1.29, 1.82) is 0 Å². The van der Waals surface area contributed by atoms with Crippen molar-refractivity contribution in [2.45, 2.75) is 24.9 Å². The lowest BCUT2D eigenvalue weighted by atomic mass is 10.1. The zero-order valence-electron chi connectivity index (χ0n) is 18.8. The molecule has 0 saturated carbocycles. The molecule has 0 aliphatic carbocycles. The molecule has 2 N–H and O–H groups in total. The Bertz CT molecular complexity index is 1710. The third-order valence-corrected chi connectivity index (χ3v) is 7.24. The van der Waals surface area contributed by atoms with Gasteiger partial charge in [-0.15, -0.1) is 0 Å². The van der Waals surface area contributed by atoms with E-state index in [1.54, 1.807) is 26.0 Å². The van der Waals surface area contributed by atoms with Crippen LogP contribution in [0.5, 0.6) is 0 Å². The maximum absolute atomic E-state index is 13.8. The lowest BCUT2D eigenvalue weighted by Crippen LogP contribution is -2.13. The number of halogens is 3. The van der Waals surface area contributed by atoms with E-state index in [-0.39, 0.29) is 21.5 Å². The van der Waals surface area contributed by atoms with E-state index >= 15 is 0 Å². The van der Waals surface area contributed by atoms with Crippen LogP contribution in [0, 0.1) is 13.8 Å². The van der Waals surface area contributed by atoms with Gasteiger partial charge in [-0.05, 0) is 38.1 Å². The lowest BCUT2D eigenvalue weighted by molar-refractivity contribution is -0.137. The largest absolute Gasteiger partial charge is 0.419 e. The average molecular weight is 514 g/mol. The Morgan fingerprint density at radius 3 is 2.39 bits per heavy atom. The molecule has 36 heavy (non-hydrogen) atoms. The Balaban J connectivity index is 1.87. The van der Waals surface area contributed by atoms with Crippen molar-refractivity contribution in [2.75, 3.05) is 5.73 Å². The Kier molecular flexibility index (Phi) is 5.32. The van der Waals surface area contributed by atoms with Crippen molar-refractivity contribution in [3.63, 3.8) is 0 Å². The van der Waals surface area contributed by atoms with E-state index in [1.165, 1.54) is 30.3 Å². The third-order valence-electron chi connectivity index (χ3n) is 5.58. The molecule has 0 radical (unpaired) electrons. The third kappa shape index (κ3) is 3.77. The summed E-state index contributed by atoms with van der Waals surface area (Å²) >= 11 is 0. The zero-order valence-corrected chi connectivity index (χ0v) is 19.6. The molecule has 0 aliphatic rings. The van der Waals surface area contributed by atoms with Gasteiger partial charge in [0.05, 0.1) is 27.5 Å². The van der Waals surface area contributed by atoms with Crippen LogP contribution >= 0.6 is 0 Å². The van der Waals surface area contributed by atoms with Gasteiger partial charge in [-0.3, -0.25) is 0 Å². The summed E-state index contributed by atoms with van der Waals surface area (Å²) in [6.07, 6.45) is -3.19. The number of pyridine rings is 1. The van der Waals surface area contributed by atoms with Crippen LogP contribution in [-0.4, -0.2) is 32.5 Å². The number of nitrogens with two attached hydrogens (primary N) is 1. The Morgan fingerprint density at radius 2 is 1.75 bits per heavy atom. The predicted octanol–water partition coefficient (Wildman–Crippen LogP) is 4.60. The standard InChI is InChI=1S/C23H17F3N6O3S/c1-12-19(13(2)35-31-12)18-9-8-15-16(20-17(23(24,25)26)10-28-22(27)30-20)11-32(21(15)29-18)36(33,34)14-6-4-3-5-7-14/h3-11H,1-2H3,(H2,27,28,30). The SMILES string of the molecule is Cc1noc(C)c1-c1ccc2c(-c3nc(N)ncc3C(F)(F)F)cn(S(=O)(=O)c3ccccc3)c2n1. The minimum atomic E-state index is -4.82. The molecule has 0 spiro atoms. The van der Waals surface area contributed by atoms with Crippen molar-refractivity contribution in [1.82, 2.24) is 24.1 Å². The highest BCUT2D eigenvalue weighted by molar-refractivity contribution is 7.90. The first-order valence-corrected chi connectivity index (χ1v) is 11.9. The van der Waals surface area contributed by atoms with Crippen LogP contribution in [0.3, 0.4) is 0 Å². The highest BCUT2D eigenvalue weighted by Gasteiger charge is 2.37. The molecule has 0 aliphatic heterocycles. The van der Waals surface area contributed by atoms with Crippen molar-refractivity contribution < 1.29 is 26.1 Å². The Labute approximate surface area is 202 Å². The number of anilines is 1. The summed E-state index contributed by atoms with van der Waals surface area (Å²) in [7, 11) is -4.26. The highest BCUT2D eigenvalue weighted by Crippen LogP contribution is 2.40. The van der Waals surface area contributed by atoms with Crippen LogP contribution in [0.4, 0.5) is 19.1 Å². The van der Waals surface area contributed by atoms with Crippen LogP contribution in [0.2, 0.25) is 0 Å². The number of fused-ring (bicyclic) bond motifs is 1. The molecular weight excluding hydrogens is 497 g/mol. The summed E-state index contributed by atoms with van der Waals surface area (Å²) in [6.45, 7) is 3.37. The number of nitrogen functional groups attached to an aromatic ring is 1. The van der Waals surface area contributed by atoms with E-state index in [2.05, 4.69) is 20.1 Å². The fourth-order valence-corrected chi connectivity index (χ4v) is 5.29. The van der Waals surface area contributed by atoms with E-state index < -0.39 is 33.4 Å². The fourth-order valence-electron chi connectivity index (χ4n) is 3.95. The van der Waals surface area contributed by atoms with Gasteiger partial charge in [-0.2, -0.15) is 13.2 Å². The van der Waals surface area contributed by atoms with Gasteiger partial charge in [0.15, 0.2) is 5.65 Å². The smallest absolute Gasteiger partial charge is 0.368 e. The van der Waals surface area contributed by atoms with Crippen LogP contribution in [0.1, 0.15) is 17.0 Å². The predicted molar refractivity (Wildman–Crippen MR) is 124 cm³/mol. The van der Waals surface area contributed by atoms with Gasteiger partial charge >= 0.3 is 6.18 Å².